The Morgan fingerprint density at radius 1 is 1.43 bits per heavy atom. The van der Waals surface area contributed by atoms with Crippen LogP contribution in [0.4, 0.5) is 0 Å². The van der Waals surface area contributed by atoms with Gasteiger partial charge in [-0.2, -0.15) is 0 Å². The van der Waals surface area contributed by atoms with E-state index in [0.29, 0.717) is 17.5 Å². The van der Waals surface area contributed by atoms with Crippen LogP contribution in [0.15, 0.2) is 24.3 Å². The Hall–Kier alpha value is -0.100. The minimum atomic E-state index is -0.239. The first kappa shape index (κ1) is 12.0. The average Bonchev–Trinajstić information content (AvgIpc) is 2.25. The van der Waals surface area contributed by atoms with Gasteiger partial charge in [0.05, 0.1) is 5.56 Å². The van der Waals surface area contributed by atoms with E-state index in [1.807, 2.05) is 18.2 Å². The Morgan fingerprint density at radius 2 is 2.14 bits per heavy atom. The first-order chi connectivity index (χ1) is 6.79. The first-order valence-electron chi connectivity index (χ1n) is 4.16. The van der Waals surface area contributed by atoms with Crippen LogP contribution in [0.25, 0.3) is 0 Å². The molecule has 0 aliphatic carbocycles. The van der Waals surface area contributed by atoms with Gasteiger partial charge < -0.3 is 4.74 Å². The second-order valence-electron chi connectivity index (χ2n) is 2.62. The summed E-state index contributed by atoms with van der Waals surface area (Å²) in [5, 5.41) is 0.672. The predicted molar refractivity (Wildman–Crippen MR) is 68.2 cm³/mol. The van der Waals surface area contributed by atoms with Crippen molar-refractivity contribution in [2.75, 3.05) is 11.9 Å². The summed E-state index contributed by atoms with van der Waals surface area (Å²) in [5.41, 5.74) is 1.69. The van der Waals surface area contributed by atoms with Crippen molar-refractivity contribution in [1.29, 1.82) is 0 Å². The average molecular weight is 369 g/mol. The maximum absolute atomic E-state index is 11.5. The fourth-order valence-electron chi connectivity index (χ4n) is 1.04. The molecule has 0 amide bonds. The predicted octanol–water partition coefficient (Wildman–Crippen LogP) is 3.17. The SMILES string of the molecule is O=C(OCCBr)c1ccccc1CI. The summed E-state index contributed by atoms with van der Waals surface area (Å²) in [7, 11) is 0. The molecule has 14 heavy (non-hydrogen) atoms. The van der Waals surface area contributed by atoms with Crippen LogP contribution in [0.1, 0.15) is 15.9 Å². The Bertz CT molecular complexity index is 315. The summed E-state index contributed by atoms with van der Waals surface area (Å²) in [4.78, 5) is 11.5. The summed E-state index contributed by atoms with van der Waals surface area (Å²) in [6, 6.07) is 7.51. The molecular weight excluding hydrogens is 359 g/mol. The van der Waals surface area contributed by atoms with Crippen LogP contribution >= 0.6 is 38.5 Å². The van der Waals surface area contributed by atoms with Gasteiger partial charge in [0.2, 0.25) is 0 Å². The van der Waals surface area contributed by atoms with Gasteiger partial charge >= 0.3 is 5.97 Å². The molecule has 1 aromatic carbocycles. The van der Waals surface area contributed by atoms with Gasteiger partial charge in [-0.25, -0.2) is 4.79 Å². The topological polar surface area (TPSA) is 26.3 Å². The first-order valence-corrected chi connectivity index (χ1v) is 6.81. The van der Waals surface area contributed by atoms with Crippen LogP contribution in [-0.4, -0.2) is 17.9 Å². The summed E-state index contributed by atoms with van der Waals surface area (Å²) < 4.78 is 5.85. The Balaban J connectivity index is 2.78. The van der Waals surface area contributed by atoms with E-state index in [4.69, 9.17) is 4.74 Å². The highest BCUT2D eigenvalue weighted by Crippen LogP contribution is 2.13. The Kier molecular flexibility index (Phi) is 5.47. The highest BCUT2D eigenvalue weighted by molar-refractivity contribution is 14.1. The molecule has 0 fully saturated rings. The van der Waals surface area contributed by atoms with Crippen molar-refractivity contribution in [2.24, 2.45) is 0 Å². The number of rotatable bonds is 4. The number of alkyl halides is 2. The minimum Gasteiger partial charge on any atom is -0.461 e. The van der Waals surface area contributed by atoms with E-state index >= 15 is 0 Å². The number of hydrogen-bond acceptors (Lipinski definition) is 2. The summed E-state index contributed by atoms with van der Waals surface area (Å²) in [6.07, 6.45) is 0. The molecule has 76 valence electrons. The number of ether oxygens (including phenoxy) is 1. The number of halogens is 2. The van der Waals surface area contributed by atoms with Gasteiger partial charge in [0, 0.05) is 9.76 Å². The second-order valence-corrected chi connectivity index (χ2v) is 4.17. The molecule has 2 nitrogen and oxygen atoms in total. The molecule has 0 heterocycles. The molecule has 0 radical (unpaired) electrons. The van der Waals surface area contributed by atoms with E-state index in [2.05, 4.69) is 38.5 Å². The summed E-state index contributed by atoms with van der Waals surface area (Å²) in [6.45, 7) is 0.411. The molecule has 0 unspecified atom stereocenters. The lowest BCUT2D eigenvalue weighted by molar-refractivity contribution is 0.0530. The molecule has 0 aliphatic heterocycles. The van der Waals surface area contributed by atoms with Crippen molar-refractivity contribution < 1.29 is 9.53 Å². The molecule has 1 aromatic rings. The molecule has 0 aliphatic rings. The van der Waals surface area contributed by atoms with Crippen LogP contribution in [0.5, 0.6) is 0 Å². The quantitative estimate of drug-likeness (QED) is 0.463. The van der Waals surface area contributed by atoms with E-state index < -0.39 is 0 Å². The molecular formula is C10H10BrIO2. The Labute approximate surface area is 105 Å². The molecule has 0 N–H and O–H groups in total. The molecule has 0 saturated carbocycles. The van der Waals surface area contributed by atoms with Gasteiger partial charge in [0.25, 0.3) is 0 Å². The minimum absolute atomic E-state index is 0.239. The zero-order valence-electron chi connectivity index (χ0n) is 7.50. The third-order valence-corrected chi connectivity index (χ3v) is 2.84. The normalized spacial score (nSPS) is 9.86. The van der Waals surface area contributed by atoms with Crippen molar-refractivity contribution in [3.63, 3.8) is 0 Å². The van der Waals surface area contributed by atoms with Crippen molar-refractivity contribution in [1.82, 2.24) is 0 Å². The lowest BCUT2D eigenvalue weighted by Gasteiger charge is -2.06. The zero-order valence-corrected chi connectivity index (χ0v) is 11.2. The number of esters is 1. The fourth-order valence-corrected chi connectivity index (χ4v) is 1.87. The second kappa shape index (κ2) is 6.40. The maximum Gasteiger partial charge on any atom is 0.338 e. The van der Waals surface area contributed by atoms with Gasteiger partial charge in [-0.05, 0) is 11.6 Å². The van der Waals surface area contributed by atoms with Crippen molar-refractivity contribution in [3.8, 4) is 0 Å². The molecule has 0 saturated heterocycles. The molecule has 0 spiro atoms. The molecule has 1 rings (SSSR count). The number of carbonyl (C=O) groups is 1. The van der Waals surface area contributed by atoms with Crippen LogP contribution in [0.3, 0.4) is 0 Å². The number of carbonyl (C=O) groups excluding carboxylic acids is 1. The highest BCUT2D eigenvalue weighted by Gasteiger charge is 2.10. The van der Waals surface area contributed by atoms with E-state index in [-0.39, 0.29) is 5.97 Å². The maximum atomic E-state index is 11.5. The fraction of sp³-hybridized carbons (Fsp3) is 0.300. The van der Waals surface area contributed by atoms with E-state index in [0.717, 1.165) is 9.99 Å². The lowest BCUT2D eigenvalue weighted by atomic mass is 10.1. The highest BCUT2D eigenvalue weighted by atomic mass is 127. The standard InChI is InChI=1S/C10H10BrIO2/c11-5-6-14-10(13)9-4-2-1-3-8(9)7-12/h1-4H,5-7H2. The largest absolute Gasteiger partial charge is 0.461 e. The summed E-state index contributed by atoms with van der Waals surface area (Å²) >= 11 is 5.44. The lowest BCUT2D eigenvalue weighted by Crippen LogP contribution is -2.09. The number of benzene rings is 1. The van der Waals surface area contributed by atoms with E-state index in [1.165, 1.54) is 0 Å². The van der Waals surface area contributed by atoms with Gasteiger partial charge in [0.1, 0.15) is 6.61 Å². The van der Waals surface area contributed by atoms with Gasteiger partial charge in [-0.3, -0.25) is 0 Å². The summed E-state index contributed by atoms with van der Waals surface area (Å²) in [5.74, 6) is -0.239. The monoisotopic (exact) mass is 368 g/mol. The van der Waals surface area contributed by atoms with Crippen molar-refractivity contribution in [2.45, 2.75) is 4.43 Å². The van der Waals surface area contributed by atoms with Gasteiger partial charge in [-0.15, -0.1) is 0 Å². The third-order valence-electron chi connectivity index (χ3n) is 1.69. The third kappa shape index (κ3) is 3.24. The van der Waals surface area contributed by atoms with E-state index in [9.17, 15) is 4.79 Å². The van der Waals surface area contributed by atoms with Crippen LogP contribution in [0.2, 0.25) is 0 Å². The molecule has 4 heteroatoms. The van der Waals surface area contributed by atoms with Crippen LogP contribution < -0.4 is 0 Å². The van der Waals surface area contributed by atoms with E-state index in [1.54, 1.807) is 6.07 Å². The molecule has 0 aromatic heterocycles. The van der Waals surface area contributed by atoms with Crippen LogP contribution in [-0.2, 0) is 9.16 Å². The smallest absolute Gasteiger partial charge is 0.338 e. The molecule has 0 atom stereocenters. The zero-order chi connectivity index (χ0) is 10.4. The van der Waals surface area contributed by atoms with Gasteiger partial charge in [-0.1, -0.05) is 56.7 Å². The number of hydrogen-bond donors (Lipinski definition) is 0. The van der Waals surface area contributed by atoms with Gasteiger partial charge in [0.15, 0.2) is 0 Å². The van der Waals surface area contributed by atoms with Crippen molar-refractivity contribution in [3.05, 3.63) is 35.4 Å². The Morgan fingerprint density at radius 3 is 2.79 bits per heavy atom. The molecule has 0 bridgehead atoms. The van der Waals surface area contributed by atoms with Crippen molar-refractivity contribution >= 4 is 44.5 Å². The van der Waals surface area contributed by atoms with Crippen LogP contribution in [0, 0.1) is 0 Å².